The van der Waals surface area contributed by atoms with E-state index >= 15 is 0 Å². The average molecular weight is 519 g/mol. The van der Waals surface area contributed by atoms with Gasteiger partial charge in [-0.2, -0.15) is 0 Å². The van der Waals surface area contributed by atoms with Gasteiger partial charge in [-0.1, -0.05) is 29.8 Å². The monoisotopic (exact) mass is 518 g/mol. The Labute approximate surface area is 214 Å². The molecule has 2 heterocycles. The normalized spacial score (nSPS) is 14.6. The number of halogens is 1. The first-order chi connectivity index (χ1) is 16.7. The molecule has 0 unspecified atom stereocenters. The van der Waals surface area contributed by atoms with Crippen molar-refractivity contribution >= 4 is 46.4 Å². The van der Waals surface area contributed by atoms with Crippen LogP contribution in [0.15, 0.2) is 30.3 Å². The van der Waals surface area contributed by atoms with Crippen LogP contribution in [0.25, 0.3) is 0 Å². The van der Waals surface area contributed by atoms with Gasteiger partial charge in [0.15, 0.2) is 5.78 Å². The number of Topliss-reactive ketones (excluding diaryl/α,β-unsaturated/α-hetero) is 2. The van der Waals surface area contributed by atoms with Crippen molar-refractivity contribution in [3.8, 4) is 0 Å². The molecule has 1 aliphatic heterocycles. The Balaban J connectivity index is 1.67. The van der Waals surface area contributed by atoms with Gasteiger partial charge in [0.25, 0.3) is 5.91 Å². The van der Waals surface area contributed by atoms with E-state index in [9.17, 15) is 19.2 Å². The molecule has 2 aromatic rings. The molecule has 3 rings (SSSR count). The summed E-state index contributed by atoms with van der Waals surface area (Å²) in [6, 6.07) is 8.54. The highest BCUT2D eigenvalue weighted by atomic mass is 35.5. The van der Waals surface area contributed by atoms with Crippen molar-refractivity contribution in [2.75, 3.05) is 20.1 Å². The molecule has 1 aromatic carbocycles. The van der Waals surface area contributed by atoms with E-state index in [-0.39, 0.29) is 50.1 Å². The Hall–Kier alpha value is -2.55. The molecule has 35 heavy (non-hydrogen) atoms. The minimum atomic E-state index is -0.944. The quantitative estimate of drug-likeness (QED) is 0.441. The SMILES string of the molecule is CN1CCc2ccc(CC(=O)[C@@H](CCC(=O)CCCC(=O)O)NC(=O)c3ccc(Cl)s3)cc2CC1. The second-order valence-corrected chi connectivity index (χ2v) is 10.7. The lowest BCUT2D eigenvalue weighted by atomic mass is 9.94. The van der Waals surface area contributed by atoms with Gasteiger partial charge in [0, 0.05) is 38.8 Å². The fourth-order valence-electron chi connectivity index (χ4n) is 4.17. The van der Waals surface area contributed by atoms with E-state index < -0.39 is 17.9 Å². The van der Waals surface area contributed by atoms with Gasteiger partial charge in [-0.15, -0.1) is 11.3 Å². The van der Waals surface area contributed by atoms with Crippen LogP contribution in [0.3, 0.4) is 0 Å². The van der Waals surface area contributed by atoms with Crippen molar-refractivity contribution < 1.29 is 24.3 Å². The van der Waals surface area contributed by atoms with Crippen LogP contribution in [-0.4, -0.2) is 59.6 Å². The van der Waals surface area contributed by atoms with Crippen LogP contribution in [-0.2, 0) is 33.6 Å². The van der Waals surface area contributed by atoms with Crippen LogP contribution < -0.4 is 5.32 Å². The zero-order valence-corrected chi connectivity index (χ0v) is 21.4. The molecule has 1 atom stereocenters. The number of nitrogens with one attached hydrogen (secondary N) is 1. The van der Waals surface area contributed by atoms with E-state index in [4.69, 9.17) is 16.7 Å². The number of hydrogen-bond acceptors (Lipinski definition) is 6. The molecule has 2 N–H and O–H groups in total. The highest BCUT2D eigenvalue weighted by molar-refractivity contribution is 7.18. The van der Waals surface area contributed by atoms with Gasteiger partial charge in [0.1, 0.15) is 5.78 Å². The van der Waals surface area contributed by atoms with Crippen LogP contribution in [0, 0.1) is 0 Å². The summed E-state index contributed by atoms with van der Waals surface area (Å²) in [6.07, 6.45) is 2.66. The molecule has 188 valence electrons. The molecule has 0 fully saturated rings. The smallest absolute Gasteiger partial charge is 0.303 e. The number of fused-ring (bicyclic) bond motifs is 1. The molecule has 0 aliphatic carbocycles. The lowest BCUT2D eigenvalue weighted by molar-refractivity contribution is -0.137. The molecule has 1 aliphatic rings. The molecule has 0 saturated carbocycles. The lowest BCUT2D eigenvalue weighted by Crippen LogP contribution is -2.41. The zero-order valence-electron chi connectivity index (χ0n) is 19.8. The summed E-state index contributed by atoms with van der Waals surface area (Å²) >= 11 is 7.07. The number of carbonyl (C=O) groups excluding carboxylic acids is 3. The summed E-state index contributed by atoms with van der Waals surface area (Å²) in [5.74, 6) is -1.62. The van der Waals surface area contributed by atoms with E-state index in [1.807, 2.05) is 6.07 Å². The summed E-state index contributed by atoms with van der Waals surface area (Å²) < 4.78 is 0.474. The number of likely N-dealkylation sites (N-methyl/N-ethyl adjacent to an activating group) is 1. The number of thiophene rings is 1. The summed E-state index contributed by atoms with van der Waals surface area (Å²) in [7, 11) is 2.10. The fraction of sp³-hybridized carbons (Fsp3) is 0.462. The minimum absolute atomic E-state index is 0.0713. The third-order valence-electron chi connectivity index (χ3n) is 6.22. The number of rotatable bonds is 12. The van der Waals surface area contributed by atoms with Crippen LogP contribution in [0.2, 0.25) is 4.34 Å². The van der Waals surface area contributed by atoms with Crippen LogP contribution in [0.5, 0.6) is 0 Å². The third-order valence-corrected chi connectivity index (χ3v) is 7.45. The van der Waals surface area contributed by atoms with Gasteiger partial charge in [-0.05, 0) is 61.6 Å². The second kappa shape index (κ2) is 13.0. The Bertz CT molecular complexity index is 1080. The maximum atomic E-state index is 13.3. The Kier molecular flexibility index (Phi) is 10.0. The Morgan fingerprint density at radius 3 is 2.49 bits per heavy atom. The number of carboxylic acids is 1. The summed E-state index contributed by atoms with van der Waals surface area (Å²) in [5, 5.41) is 11.5. The summed E-state index contributed by atoms with van der Waals surface area (Å²) in [6.45, 7) is 1.98. The molecule has 0 saturated heterocycles. The number of amides is 1. The van der Waals surface area contributed by atoms with E-state index in [1.165, 1.54) is 11.1 Å². The van der Waals surface area contributed by atoms with Gasteiger partial charge in [-0.3, -0.25) is 19.2 Å². The molecule has 0 spiro atoms. The third kappa shape index (κ3) is 8.56. The molecule has 0 radical (unpaired) electrons. The second-order valence-electron chi connectivity index (χ2n) is 9.00. The first kappa shape index (κ1) is 27.0. The molecule has 0 bridgehead atoms. The maximum absolute atomic E-state index is 13.3. The summed E-state index contributed by atoms with van der Waals surface area (Å²) in [4.78, 5) is 51.6. The number of hydrogen-bond donors (Lipinski definition) is 2. The molecule has 9 heteroatoms. The maximum Gasteiger partial charge on any atom is 0.303 e. The molecule has 1 aromatic heterocycles. The number of ketones is 2. The lowest BCUT2D eigenvalue weighted by Gasteiger charge is -2.18. The first-order valence-corrected chi connectivity index (χ1v) is 13.0. The number of carboxylic acid groups (broad SMARTS) is 1. The Morgan fingerprint density at radius 2 is 1.80 bits per heavy atom. The van der Waals surface area contributed by atoms with Crippen molar-refractivity contribution in [2.45, 2.75) is 57.4 Å². The zero-order chi connectivity index (χ0) is 25.4. The van der Waals surface area contributed by atoms with E-state index in [2.05, 4.69) is 29.4 Å². The van der Waals surface area contributed by atoms with Crippen molar-refractivity contribution in [3.63, 3.8) is 0 Å². The van der Waals surface area contributed by atoms with E-state index in [0.29, 0.717) is 9.21 Å². The number of carbonyl (C=O) groups is 4. The van der Waals surface area contributed by atoms with Crippen molar-refractivity contribution in [3.05, 3.63) is 56.2 Å². The van der Waals surface area contributed by atoms with E-state index in [0.717, 1.165) is 42.8 Å². The van der Waals surface area contributed by atoms with Gasteiger partial charge >= 0.3 is 5.97 Å². The number of benzene rings is 1. The Morgan fingerprint density at radius 1 is 1.06 bits per heavy atom. The van der Waals surface area contributed by atoms with Gasteiger partial charge in [0.05, 0.1) is 15.3 Å². The van der Waals surface area contributed by atoms with Crippen molar-refractivity contribution in [1.29, 1.82) is 0 Å². The van der Waals surface area contributed by atoms with E-state index in [1.54, 1.807) is 12.1 Å². The predicted molar refractivity (Wildman–Crippen MR) is 136 cm³/mol. The summed E-state index contributed by atoms with van der Waals surface area (Å²) in [5.41, 5.74) is 3.45. The highest BCUT2D eigenvalue weighted by Crippen LogP contribution is 2.22. The van der Waals surface area contributed by atoms with Gasteiger partial charge in [0.2, 0.25) is 0 Å². The van der Waals surface area contributed by atoms with Crippen LogP contribution >= 0.6 is 22.9 Å². The molecular formula is C26H31ClN2O5S. The number of nitrogens with zero attached hydrogens (tertiary/aromatic N) is 1. The largest absolute Gasteiger partial charge is 0.481 e. The first-order valence-electron chi connectivity index (χ1n) is 11.8. The van der Waals surface area contributed by atoms with Crippen molar-refractivity contribution in [1.82, 2.24) is 10.2 Å². The van der Waals surface area contributed by atoms with Gasteiger partial charge < -0.3 is 15.3 Å². The highest BCUT2D eigenvalue weighted by Gasteiger charge is 2.24. The molecule has 7 nitrogen and oxygen atoms in total. The van der Waals surface area contributed by atoms with Crippen molar-refractivity contribution in [2.24, 2.45) is 0 Å². The fourth-order valence-corrected chi connectivity index (χ4v) is 5.12. The van der Waals surface area contributed by atoms with Gasteiger partial charge in [-0.25, -0.2) is 0 Å². The average Bonchev–Trinajstić information content (AvgIpc) is 3.16. The van der Waals surface area contributed by atoms with Crippen LogP contribution in [0.4, 0.5) is 0 Å². The standard InChI is InChI=1S/C26H31ClN2O5S/c1-29-13-11-18-6-5-17(15-19(18)12-14-29)16-22(31)21(8-7-20(30)3-2-4-25(32)33)28-26(34)23-9-10-24(27)35-23/h5-6,9-10,15,21H,2-4,7-8,11-14,16H2,1H3,(H,28,34)(H,32,33)/t21-/m1/s1. The predicted octanol–water partition coefficient (Wildman–Crippen LogP) is 3.95. The molecular weight excluding hydrogens is 488 g/mol. The topological polar surface area (TPSA) is 104 Å². The minimum Gasteiger partial charge on any atom is -0.481 e. The molecule has 1 amide bonds. The number of aliphatic carboxylic acids is 1. The van der Waals surface area contributed by atoms with Crippen LogP contribution in [0.1, 0.15) is 58.5 Å².